The highest BCUT2D eigenvalue weighted by Gasteiger charge is 2.12. The number of nitrogen functional groups attached to an aromatic ring is 1. The number of benzene rings is 1. The molecule has 0 radical (unpaired) electrons. The van der Waals surface area contributed by atoms with Crippen molar-refractivity contribution in [3.05, 3.63) is 51.7 Å². The smallest absolute Gasteiger partial charge is 0.288 e. The highest BCUT2D eigenvalue weighted by Crippen LogP contribution is 2.30. The molecule has 2 N–H and O–H groups in total. The standard InChI is InChI=1S/C11H8ClN3O3/c12-9-5-8(2-3-10(9)15(16)17)18-11-4-1-7(13)6-14-11/h1-6H,13H2. The van der Waals surface area contributed by atoms with E-state index in [1.54, 1.807) is 12.1 Å². The van der Waals surface area contributed by atoms with Gasteiger partial charge in [-0.2, -0.15) is 0 Å². The maximum Gasteiger partial charge on any atom is 0.288 e. The summed E-state index contributed by atoms with van der Waals surface area (Å²) in [4.78, 5) is 14.0. The van der Waals surface area contributed by atoms with Crippen molar-refractivity contribution in [1.29, 1.82) is 0 Å². The third-order valence-corrected chi connectivity index (χ3v) is 2.40. The van der Waals surface area contributed by atoms with Gasteiger partial charge >= 0.3 is 0 Å². The van der Waals surface area contributed by atoms with Crippen LogP contribution in [-0.4, -0.2) is 9.91 Å². The van der Waals surface area contributed by atoms with Gasteiger partial charge < -0.3 is 10.5 Å². The van der Waals surface area contributed by atoms with Gasteiger partial charge in [0, 0.05) is 18.2 Å². The summed E-state index contributed by atoms with van der Waals surface area (Å²) in [5.41, 5.74) is 5.83. The lowest BCUT2D eigenvalue weighted by Crippen LogP contribution is -1.92. The van der Waals surface area contributed by atoms with Crippen LogP contribution in [0.3, 0.4) is 0 Å². The summed E-state index contributed by atoms with van der Waals surface area (Å²) in [6.45, 7) is 0. The first-order valence-electron chi connectivity index (χ1n) is 4.89. The fraction of sp³-hybridized carbons (Fsp3) is 0. The fourth-order valence-corrected chi connectivity index (χ4v) is 1.51. The number of hydrogen-bond acceptors (Lipinski definition) is 5. The maximum atomic E-state index is 10.6. The zero-order chi connectivity index (χ0) is 13.1. The Morgan fingerprint density at radius 1 is 1.33 bits per heavy atom. The van der Waals surface area contributed by atoms with Crippen molar-refractivity contribution in [2.45, 2.75) is 0 Å². The molecule has 0 aliphatic heterocycles. The molecule has 2 aromatic rings. The maximum absolute atomic E-state index is 10.6. The number of nitrogens with two attached hydrogens (primary N) is 1. The van der Waals surface area contributed by atoms with Crippen LogP contribution in [0.25, 0.3) is 0 Å². The van der Waals surface area contributed by atoms with E-state index in [4.69, 9.17) is 22.1 Å². The third kappa shape index (κ3) is 2.67. The Labute approximate surface area is 107 Å². The van der Waals surface area contributed by atoms with Crippen LogP contribution in [-0.2, 0) is 0 Å². The lowest BCUT2D eigenvalue weighted by atomic mass is 10.3. The highest BCUT2D eigenvalue weighted by atomic mass is 35.5. The molecule has 0 bridgehead atoms. The molecule has 2 rings (SSSR count). The molecular formula is C11H8ClN3O3. The molecule has 0 saturated carbocycles. The quantitative estimate of drug-likeness (QED) is 0.680. The molecule has 0 aliphatic carbocycles. The molecule has 0 aliphatic rings. The zero-order valence-electron chi connectivity index (χ0n) is 9.04. The van der Waals surface area contributed by atoms with E-state index >= 15 is 0 Å². The van der Waals surface area contributed by atoms with Gasteiger partial charge in [-0.05, 0) is 12.1 Å². The van der Waals surface area contributed by atoms with Crippen LogP contribution in [0.15, 0.2) is 36.5 Å². The number of anilines is 1. The Hall–Kier alpha value is -2.34. The molecule has 0 amide bonds. The minimum Gasteiger partial charge on any atom is -0.439 e. The Kier molecular flexibility index (Phi) is 3.29. The molecule has 92 valence electrons. The molecule has 18 heavy (non-hydrogen) atoms. The second kappa shape index (κ2) is 4.89. The molecule has 1 aromatic carbocycles. The average molecular weight is 266 g/mol. The van der Waals surface area contributed by atoms with Crippen molar-refractivity contribution in [3.63, 3.8) is 0 Å². The van der Waals surface area contributed by atoms with Gasteiger partial charge in [-0.15, -0.1) is 0 Å². The van der Waals surface area contributed by atoms with E-state index in [2.05, 4.69) is 4.98 Å². The molecule has 0 atom stereocenters. The summed E-state index contributed by atoms with van der Waals surface area (Å²) in [5.74, 6) is 0.692. The molecule has 1 heterocycles. The van der Waals surface area contributed by atoms with E-state index in [0.29, 0.717) is 17.3 Å². The zero-order valence-corrected chi connectivity index (χ0v) is 9.79. The van der Waals surface area contributed by atoms with Gasteiger partial charge in [0.25, 0.3) is 5.69 Å². The van der Waals surface area contributed by atoms with Gasteiger partial charge in [0.15, 0.2) is 0 Å². The van der Waals surface area contributed by atoms with E-state index < -0.39 is 4.92 Å². The summed E-state index contributed by atoms with van der Waals surface area (Å²) < 4.78 is 5.38. The van der Waals surface area contributed by atoms with Crippen molar-refractivity contribution in [3.8, 4) is 11.6 Å². The topological polar surface area (TPSA) is 91.3 Å². The third-order valence-electron chi connectivity index (χ3n) is 2.10. The first kappa shape index (κ1) is 12.1. The molecule has 7 heteroatoms. The van der Waals surface area contributed by atoms with Crippen LogP contribution in [0.5, 0.6) is 11.6 Å². The summed E-state index contributed by atoms with van der Waals surface area (Å²) in [6.07, 6.45) is 1.45. The van der Waals surface area contributed by atoms with Crippen LogP contribution in [0.1, 0.15) is 0 Å². The molecule has 0 saturated heterocycles. The number of halogens is 1. The summed E-state index contributed by atoms with van der Waals surface area (Å²) in [7, 11) is 0. The van der Waals surface area contributed by atoms with Gasteiger partial charge in [-0.3, -0.25) is 10.1 Å². The first-order valence-corrected chi connectivity index (χ1v) is 5.27. The van der Waals surface area contributed by atoms with Gasteiger partial charge in [-0.1, -0.05) is 11.6 Å². The van der Waals surface area contributed by atoms with Crippen molar-refractivity contribution in [2.24, 2.45) is 0 Å². The van der Waals surface area contributed by atoms with Crippen molar-refractivity contribution < 1.29 is 9.66 Å². The fourth-order valence-electron chi connectivity index (χ4n) is 1.27. The summed E-state index contributed by atoms with van der Waals surface area (Å²) in [6, 6.07) is 7.30. The lowest BCUT2D eigenvalue weighted by Gasteiger charge is -2.05. The van der Waals surface area contributed by atoms with Crippen molar-refractivity contribution in [1.82, 2.24) is 4.98 Å². The van der Waals surface area contributed by atoms with Gasteiger partial charge in [0.2, 0.25) is 5.88 Å². The minimum absolute atomic E-state index is 0.00736. The predicted molar refractivity (Wildman–Crippen MR) is 66.8 cm³/mol. The van der Waals surface area contributed by atoms with Crippen molar-refractivity contribution >= 4 is 23.0 Å². The molecule has 0 spiro atoms. The van der Waals surface area contributed by atoms with Crippen molar-refractivity contribution in [2.75, 3.05) is 5.73 Å². The number of nitrogens with zero attached hydrogens (tertiary/aromatic N) is 2. The van der Waals surface area contributed by atoms with Gasteiger partial charge in [-0.25, -0.2) is 4.98 Å². The van der Waals surface area contributed by atoms with Crippen LogP contribution >= 0.6 is 11.6 Å². The Balaban J connectivity index is 2.22. The normalized spacial score (nSPS) is 10.1. The number of nitro benzene ring substituents is 1. The second-order valence-corrected chi connectivity index (χ2v) is 3.81. The van der Waals surface area contributed by atoms with E-state index in [-0.39, 0.29) is 10.7 Å². The average Bonchev–Trinajstić information content (AvgIpc) is 2.32. The Morgan fingerprint density at radius 3 is 2.67 bits per heavy atom. The van der Waals surface area contributed by atoms with Gasteiger partial charge in [0.05, 0.1) is 16.8 Å². The van der Waals surface area contributed by atoms with E-state index in [9.17, 15) is 10.1 Å². The number of hydrogen-bond donors (Lipinski definition) is 1. The Morgan fingerprint density at radius 2 is 2.11 bits per heavy atom. The van der Waals surface area contributed by atoms with E-state index in [1.807, 2.05) is 0 Å². The molecule has 6 nitrogen and oxygen atoms in total. The minimum atomic E-state index is -0.562. The molecule has 1 aromatic heterocycles. The van der Waals surface area contributed by atoms with Crippen LogP contribution < -0.4 is 10.5 Å². The summed E-state index contributed by atoms with van der Waals surface area (Å²) in [5, 5.41) is 10.6. The molecule has 0 unspecified atom stereocenters. The first-order chi connectivity index (χ1) is 8.56. The predicted octanol–water partition coefficient (Wildman–Crippen LogP) is 3.02. The second-order valence-electron chi connectivity index (χ2n) is 3.40. The lowest BCUT2D eigenvalue weighted by molar-refractivity contribution is -0.384. The molecule has 0 fully saturated rings. The summed E-state index contributed by atoms with van der Waals surface area (Å²) >= 11 is 5.75. The van der Waals surface area contributed by atoms with Crippen LogP contribution in [0.4, 0.5) is 11.4 Å². The van der Waals surface area contributed by atoms with Crippen LogP contribution in [0, 0.1) is 10.1 Å². The number of ether oxygens (including phenoxy) is 1. The van der Waals surface area contributed by atoms with Crippen LogP contribution in [0.2, 0.25) is 5.02 Å². The van der Waals surface area contributed by atoms with Gasteiger partial charge in [0.1, 0.15) is 10.8 Å². The number of rotatable bonds is 3. The number of pyridine rings is 1. The largest absolute Gasteiger partial charge is 0.439 e. The van der Waals surface area contributed by atoms with E-state index in [0.717, 1.165) is 0 Å². The van der Waals surface area contributed by atoms with E-state index in [1.165, 1.54) is 24.4 Å². The SMILES string of the molecule is Nc1ccc(Oc2ccc([N+](=O)[O-])c(Cl)c2)nc1. The highest BCUT2D eigenvalue weighted by molar-refractivity contribution is 6.32. The monoisotopic (exact) mass is 265 g/mol. The number of aromatic nitrogens is 1. The Bertz CT molecular complexity index is 587. The number of nitro groups is 1. The molecular weight excluding hydrogens is 258 g/mol.